The van der Waals surface area contributed by atoms with E-state index >= 15 is 0 Å². The van der Waals surface area contributed by atoms with Crippen LogP contribution in [0.4, 0.5) is 0 Å². The van der Waals surface area contributed by atoms with Crippen LogP contribution in [0.25, 0.3) is 0 Å². The van der Waals surface area contributed by atoms with Crippen molar-refractivity contribution in [2.75, 3.05) is 12.0 Å². The van der Waals surface area contributed by atoms with Crippen molar-refractivity contribution in [3.05, 3.63) is 0 Å². The van der Waals surface area contributed by atoms with Crippen LogP contribution in [0, 0.1) is 5.92 Å². The Morgan fingerprint density at radius 3 is 2.68 bits per heavy atom. The monoisotopic (exact) mass is 298 g/mol. The molecule has 0 spiro atoms. The molecule has 2 saturated carbocycles. The predicted octanol–water partition coefficient (Wildman–Crippen LogP) is 3.91. The lowest BCUT2D eigenvalue weighted by Gasteiger charge is -2.35. The van der Waals surface area contributed by atoms with Crippen LogP contribution < -0.4 is 5.32 Å². The molecule has 4 heteroatoms. The lowest BCUT2D eigenvalue weighted by atomic mass is 9.86. The van der Waals surface area contributed by atoms with Crippen molar-refractivity contribution in [1.82, 2.24) is 5.32 Å². The first-order chi connectivity index (χ1) is 9.35. The second kappa shape index (κ2) is 6.75. The number of aliphatic imine (C=N–C) groups is 1. The first-order valence-electron chi connectivity index (χ1n) is 7.85. The zero-order chi connectivity index (χ0) is 13.1. The van der Waals surface area contributed by atoms with Crippen LogP contribution in [-0.4, -0.2) is 34.5 Å². The van der Waals surface area contributed by atoms with Gasteiger partial charge in [-0.3, -0.25) is 4.99 Å². The highest BCUT2D eigenvalue weighted by atomic mass is 32.2. The molecule has 2 fully saturated rings. The lowest BCUT2D eigenvalue weighted by Crippen LogP contribution is -2.41. The van der Waals surface area contributed by atoms with Gasteiger partial charge in [0.15, 0.2) is 5.17 Å². The largest absolute Gasteiger partial charge is 0.362 e. The van der Waals surface area contributed by atoms with Gasteiger partial charge in [0.05, 0.1) is 6.04 Å². The van der Waals surface area contributed by atoms with Crippen molar-refractivity contribution < 1.29 is 0 Å². The Kier molecular flexibility index (Phi) is 5.02. The topological polar surface area (TPSA) is 24.4 Å². The summed E-state index contributed by atoms with van der Waals surface area (Å²) >= 11 is 4.03. The van der Waals surface area contributed by atoms with E-state index in [4.69, 9.17) is 4.99 Å². The number of thioether (sulfide) groups is 2. The van der Waals surface area contributed by atoms with Gasteiger partial charge in [-0.15, -0.1) is 0 Å². The number of nitrogens with one attached hydrogen (secondary N) is 1. The molecule has 1 N–H and O–H groups in total. The molecule has 0 bridgehead atoms. The lowest BCUT2D eigenvalue weighted by molar-refractivity contribution is 0.334. The molecule has 0 saturated heterocycles. The van der Waals surface area contributed by atoms with Gasteiger partial charge >= 0.3 is 0 Å². The highest BCUT2D eigenvalue weighted by molar-refractivity contribution is 8.13. The second-order valence-electron chi connectivity index (χ2n) is 6.21. The number of fused-ring (bicyclic) bond motifs is 1. The fourth-order valence-corrected chi connectivity index (χ4v) is 5.59. The molecule has 0 radical (unpaired) electrons. The normalized spacial score (nSPS) is 39.3. The predicted molar refractivity (Wildman–Crippen MR) is 88.3 cm³/mol. The van der Waals surface area contributed by atoms with Gasteiger partial charge in [0.2, 0.25) is 0 Å². The third kappa shape index (κ3) is 3.63. The number of hydrogen-bond acceptors (Lipinski definition) is 4. The van der Waals surface area contributed by atoms with Crippen LogP contribution in [-0.2, 0) is 0 Å². The molecule has 0 amide bonds. The molecule has 3 rings (SSSR count). The molecule has 1 heterocycles. The Hall–Kier alpha value is 0.170. The summed E-state index contributed by atoms with van der Waals surface area (Å²) < 4.78 is 0. The van der Waals surface area contributed by atoms with Crippen LogP contribution >= 0.6 is 23.5 Å². The van der Waals surface area contributed by atoms with Crippen molar-refractivity contribution in [2.45, 2.75) is 68.7 Å². The minimum Gasteiger partial charge on any atom is -0.362 e. The number of hydrogen-bond donors (Lipinski definition) is 1. The van der Waals surface area contributed by atoms with Gasteiger partial charge in [-0.2, -0.15) is 11.8 Å². The van der Waals surface area contributed by atoms with E-state index in [1.165, 1.54) is 62.3 Å². The maximum Gasteiger partial charge on any atom is 0.157 e. The first kappa shape index (κ1) is 14.1. The van der Waals surface area contributed by atoms with E-state index in [9.17, 15) is 0 Å². The Labute approximate surface area is 126 Å². The molecule has 2 aliphatic carbocycles. The van der Waals surface area contributed by atoms with Crippen molar-refractivity contribution >= 4 is 28.7 Å². The molecule has 2 nitrogen and oxygen atoms in total. The number of amidine groups is 1. The summed E-state index contributed by atoms with van der Waals surface area (Å²) in [5.74, 6) is 2.17. The quantitative estimate of drug-likeness (QED) is 0.836. The van der Waals surface area contributed by atoms with Gasteiger partial charge in [0, 0.05) is 17.0 Å². The Bertz CT molecular complexity index is 324. The summed E-state index contributed by atoms with van der Waals surface area (Å²) in [7, 11) is 0. The van der Waals surface area contributed by atoms with Crippen LogP contribution in [0.15, 0.2) is 4.99 Å². The third-order valence-electron chi connectivity index (χ3n) is 4.92. The average Bonchev–Trinajstić information content (AvgIpc) is 2.48. The minimum atomic E-state index is 0.639. The van der Waals surface area contributed by atoms with Gasteiger partial charge in [-0.25, -0.2) is 0 Å². The average molecular weight is 299 g/mol. The molecule has 0 aromatic carbocycles. The van der Waals surface area contributed by atoms with Gasteiger partial charge in [-0.05, 0) is 50.7 Å². The molecule has 0 aromatic rings. The van der Waals surface area contributed by atoms with E-state index in [1.807, 2.05) is 23.5 Å². The van der Waals surface area contributed by atoms with Crippen LogP contribution in [0.5, 0.6) is 0 Å². The number of rotatable bonds is 2. The van der Waals surface area contributed by atoms with Gasteiger partial charge in [-0.1, -0.05) is 24.6 Å². The van der Waals surface area contributed by atoms with E-state index in [0.29, 0.717) is 12.1 Å². The second-order valence-corrected chi connectivity index (χ2v) is 8.36. The number of nitrogens with zero attached hydrogens (tertiary/aromatic N) is 1. The highest BCUT2D eigenvalue weighted by Gasteiger charge is 2.30. The van der Waals surface area contributed by atoms with Gasteiger partial charge in [0.1, 0.15) is 0 Å². The van der Waals surface area contributed by atoms with Crippen molar-refractivity contribution in [3.8, 4) is 0 Å². The Morgan fingerprint density at radius 2 is 1.89 bits per heavy atom. The molecule has 2 unspecified atom stereocenters. The molecule has 1 aliphatic heterocycles. The standard InChI is InChI=1S/C15H26N2S2/c1-18-13-8-6-12(7-9-13)16-15-17-14-5-3-2-4-11(14)10-19-15/h11-14H,2-10H2,1H3,(H,16,17). The first-order valence-corrected chi connectivity index (χ1v) is 10.1. The summed E-state index contributed by atoms with van der Waals surface area (Å²) in [6.07, 6.45) is 13.2. The zero-order valence-corrected chi connectivity index (χ0v) is 13.6. The third-order valence-corrected chi connectivity index (χ3v) is 7.15. The van der Waals surface area contributed by atoms with Crippen molar-refractivity contribution in [3.63, 3.8) is 0 Å². The van der Waals surface area contributed by atoms with E-state index < -0.39 is 0 Å². The summed E-state index contributed by atoms with van der Waals surface area (Å²) in [6.45, 7) is 0. The fourth-order valence-electron chi connectivity index (χ4n) is 3.62. The molecule has 0 aromatic heterocycles. The highest BCUT2D eigenvalue weighted by Crippen LogP contribution is 2.34. The fraction of sp³-hybridized carbons (Fsp3) is 0.933. The molecule has 19 heavy (non-hydrogen) atoms. The van der Waals surface area contributed by atoms with E-state index in [1.54, 1.807) is 0 Å². The van der Waals surface area contributed by atoms with Crippen molar-refractivity contribution in [2.24, 2.45) is 10.9 Å². The molecule has 108 valence electrons. The van der Waals surface area contributed by atoms with Gasteiger partial charge < -0.3 is 5.32 Å². The molecular weight excluding hydrogens is 272 g/mol. The molecular formula is C15H26N2S2. The smallest absolute Gasteiger partial charge is 0.157 e. The summed E-state index contributed by atoms with van der Waals surface area (Å²) in [5.41, 5.74) is 0. The van der Waals surface area contributed by atoms with Crippen LogP contribution in [0.2, 0.25) is 0 Å². The summed E-state index contributed by atoms with van der Waals surface area (Å²) in [5, 5.41) is 5.90. The van der Waals surface area contributed by atoms with Crippen LogP contribution in [0.1, 0.15) is 51.4 Å². The van der Waals surface area contributed by atoms with E-state index in [-0.39, 0.29) is 0 Å². The minimum absolute atomic E-state index is 0.639. The summed E-state index contributed by atoms with van der Waals surface area (Å²) in [6, 6.07) is 1.33. The zero-order valence-electron chi connectivity index (χ0n) is 11.9. The Morgan fingerprint density at radius 1 is 1.11 bits per heavy atom. The maximum absolute atomic E-state index is 5.00. The van der Waals surface area contributed by atoms with E-state index in [2.05, 4.69) is 11.6 Å². The summed E-state index contributed by atoms with van der Waals surface area (Å²) in [4.78, 5) is 5.00. The maximum atomic E-state index is 5.00. The van der Waals surface area contributed by atoms with Gasteiger partial charge in [0.25, 0.3) is 0 Å². The van der Waals surface area contributed by atoms with E-state index in [0.717, 1.165) is 11.2 Å². The van der Waals surface area contributed by atoms with Crippen molar-refractivity contribution in [1.29, 1.82) is 0 Å². The Balaban J connectivity index is 1.51. The van der Waals surface area contributed by atoms with Crippen LogP contribution in [0.3, 0.4) is 0 Å². The molecule has 3 aliphatic rings. The SMILES string of the molecule is CSC1CCC(NC2=NC3CCCCC3CS2)CC1. The molecule has 2 atom stereocenters.